The van der Waals surface area contributed by atoms with Gasteiger partial charge < -0.3 is 5.11 Å². The first kappa shape index (κ1) is 11.6. The van der Waals surface area contributed by atoms with E-state index >= 15 is 0 Å². The van der Waals surface area contributed by atoms with E-state index in [1.807, 2.05) is 30.3 Å². The van der Waals surface area contributed by atoms with E-state index in [0.29, 0.717) is 0 Å². The summed E-state index contributed by atoms with van der Waals surface area (Å²) in [5.74, 6) is 0.757. The SMILES string of the molecule is CC(C)(C)SC[C@@H](O)c1ccccc1. The van der Waals surface area contributed by atoms with E-state index < -0.39 is 0 Å². The lowest BCUT2D eigenvalue weighted by Crippen LogP contribution is -2.11. The number of hydrogen-bond donors (Lipinski definition) is 1. The molecule has 0 saturated heterocycles. The van der Waals surface area contributed by atoms with Gasteiger partial charge in [0.05, 0.1) is 6.10 Å². The lowest BCUT2D eigenvalue weighted by Gasteiger charge is -2.20. The average molecular weight is 210 g/mol. The number of hydrogen-bond acceptors (Lipinski definition) is 2. The van der Waals surface area contributed by atoms with Crippen LogP contribution >= 0.6 is 11.8 Å². The van der Waals surface area contributed by atoms with Gasteiger partial charge in [-0.3, -0.25) is 0 Å². The lowest BCUT2D eigenvalue weighted by molar-refractivity contribution is 0.204. The fourth-order valence-electron chi connectivity index (χ4n) is 1.10. The number of aliphatic hydroxyl groups is 1. The molecule has 0 bridgehead atoms. The second-order valence-electron chi connectivity index (χ2n) is 4.35. The smallest absolute Gasteiger partial charge is 0.0880 e. The quantitative estimate of drug-likeness (QED) is 0.826. The summed E-state index contributed by atoms with van der Waals surface area (Å²) < 4.78 is 0.218. The van der Waals surface area contributed by atoms with Crippen molar-refractivity contribution in [3.63, 3.8) is 0 Å². The molecule has 1 aromatic rings. The molecule has 0 aliphatic heterocycles. The van der Waals surface area contributed by atoms with E-state index in [0.717, 1.165) is 11.3 Å². The highest BCUT2D eigenvalue weighted by Crippen LogP contribution is 2.28. The van der Waals surface area contributed by atoms with Gasteiger partial charge in [0.25, 0.3) is 0 Å². The van der Waals surface area contributed by atoms with Gasteiger partial charge in [-0.05, 0) is 5.56 Å². The first-order valence-corrected chi connectivity index (χ1v) is 5.84. The Labute approximate surface area is 90.5 Å². The number of rotatable bonds is 3. The summed E-state index contributed by atoms with van der Waals surface area (Å²) >= 11 is 1.79. The molecule has 1 nitrogen and oxygen atoms in total. The van der Waals surface area contributed by atoms with Crippen LogP contribution in [0, 0.1) is 0 Å². The van der Waals surface area contributed by atoms with Crippen molar-refractivity contribution >= 4 is 11.8 Å². The Hall–Kier alpha value is -0.470. The summed E-state index contributed by atoms with van der Waals surface area (Å²) in [6.07, 6.45) is -0.347. The molecule has 2 heteroatoms. The highest BCUT2D eigenvalue weighted by Gasteiger charge is 2.14. The molecule has 0 radical (unpaired) electrons. The summed E-state index contributed by atoms with van der Waals surface area (Å²) in [5.41, 5.74) is 1.00. The maximum Gasteiger partial charge on any atom is 0.0880 e. The van der Waals surface area contributed by atoms with Crippen LogP contribution in [0.5, 0.6) is 0 Å². The molecule has 78 valence electrons. The molecule has 0 aliphatic carbocycles. The Morgan fingerprint density at radius 3 is 2.29 bits per heavy atom. The van der Waals surface area contributed by atoms with Crippen molar-refractivity contribution in [3.05, 3.63) is 35.9 Å². The van der Waals surface area contributed by atoms with E-state index in [4.69, 9.17) is 0 Å². The molecule has 1 atom stereocenters. The Kier molecular flexibility index (Phi) is 4.02. The van der Waals surface area contributed by atoms with E-state index in [2.05, 4.69) is 20.8 Å². The number of benzene rings is 1. The maximum atomic E-state index is 9.86. The van der Waals surface area contributed by atoms with Crippen LogP contribution in [-0.4, -0.2) is 15.6 Å². The van der Waals surface area contributed by atoms with Crippen molar-refractivity contribution < 1.29 is 5.11 Å². The third kappa shape index (κ3) is 4.16. The van der Waals surface area contributed by atoms with E-state index in [1.54, 1.807) is 11.8 Å². The van der Waals surface area contributed by atoms with Gasteiger partial charge in [-0.2, -0.15) is 11.8 Å². The van der Waals surface area contributed by atoms with E-state index in [9.17, 15) is 5.11 Å². The molecule has 0 heterocycles. The highest BCUT2D eigenvalue weighted by atomic mass is 32.2. The van der Waals surface area contributed by atoms with Crippen molar-refractivity contribution in [2.75, 3.05) is 5.75 Å². The maximum absolute atomic E-state index is 9.86. The Morgan fingerprint density at radius 2 is 1.79 bits per heavy atom. The third-order valence-corrected chi connectivity index (χ3v) is 3.21. The summed E-state index contributed by atoms with van der Waals surface area (Å²) in [6.45, 7) is 6.49. The van der Waals surface area contributed by atoms with Gasteiger partial charge in [-0.1, -0.05) is 51.1 Å². The van der Waals surface area contributed by atoms with Crippen molar-refractivity contribution in [2.45, 2.75) is 31.6 Å². The zero-order valence-corrected chi connectivity index (χ0v) is 9.84. The minimum atomic E-state index is -0.347. The summed E-state index contributed by atoms with van der Waals surface area (Å²) in [4.78, 5) is 0. The van der Waals surface area contributed by atoms with Crippen LogP contribution in [0.15, 0.2) is 30.3 Å². The fourth-order valence-corrected chi connectivity index (χ4v) is 1.95. The van der Waals surface area contributed by atoms with Crippen LogP contribution in [0.1, 0.15) is 32.4 Å². The van der Waals surface area contributed by atoms with Crippen molar-refractivity contribution in [1.82, 2.24) is 0 Å². The molecule has 14 heavy (non-hydrogen) atoms. The number of thioether (sulfide) groups is 1. The first-order chi connectivity index (χ1) is 6.49. The largest absolute Gasteiger partial charge is 0.388 e. The molecule has 0 spiro atoms. The molecule has 0 unspecified atom stereocenters. The minimum absolute atomic E-state index is 0.218. The van der Waals surface area contributed by atoms with Crippen LogP contribution in [0.3, 0.4) is 0 Å². The molecule has 1 rings (SSSR count). The standard InChI is InChI=1S/C12H18OS/c1-12(2,3)14-9-11(13)10-7-5-4-6-8-10/h4-8,11,13H,9H2,1-3H3/t11-/m1/s1. The van der Waals surface area contributed by atoms with E-state index in [1.165, 1.54) is 0 Å². The van der Waals surface area contributed by atoms with Crippen molar-refractivity contribution in [3.8, 4) is 0 Å². The molecule has 0 aliphatic rings. The van der Waals surface area contributed by atoms with Crippen molar-refractivity contribution in [1.29, 1.82) is 0 Å². The normalized spacial score (nSPS) is 14.0. The topological polar surface area (TPSA) is 20.2 Å². The lowest BCUT2D eigenvalue weighted by atomic mass is 10.1. The van der Waals surface area contributed by atoms with Crippen LogP contribution in [0.2, 0.25) is 0 Å². The zero-order valence-electron chi connectivity index (χ0n) is 9.03. The first-order valence-electron chi connectivity index (χ1n) is 4.86. The molecule has 1 N–H and O–H groups in total. The Morgan fingerprint density at radius 1 is 1.21 bits per heavy atom. The Bertz CT molecular complexity index is 263. The van der Waals surface area contributed by atoms with Gasteiger partial charge in [-0.25, -0.2) is 0 Å². The third-order valence-electron chi connectivity index (χ3n) is 1.86. The second-order valence-corrected chi connectivity index (χ2v) is 6.20. The van der Waals surface area contributed by atoms with Gasteiger partial charge in [0.1, 0.15) is 0 Å². The van der Waals surface area contributed by atoms with Crippen LogP contribution in [0.25, 0.3) is 0 Å². The van der Waals surface area contributed by atoms with Gasteiger partial charge in [-0.15, -0.1) is 0 Å². The van der Waals surface area contributed by atoms with Gasteiger partial charge >= 0.3 is 0 Å². The summed E-state index contributed by atoms with van der Waals surface area (Å²) in [7, 11) is 0. The summed E-state index contributed by atoms with van der Waals surface area (Å²) in [5, 5.41) is 9.86. The van der Waals surface area contributed by atoms with Gasteiger partial charge in [0, 0.05) is 10.5 Å². The summed E-state index contributed by atoms with van der Waals surface area (Å²) in [6, 6.07) is 9.81. The van der Waals surface area contributed by atoms with Crippen LogP contribution < -0.4 is 0 Å². The molecule has 0 aromatic heterocycles. The molecule has 0 saturated carbocycles. The van der Waals surface area contributed by atoms with Gasteiger partial charge in [0.2, 0.25) is 0 Å². The molecule has 0 fully saturated rings. The molecular weight excluding hydrogens is 192 g/mol. The Balaban J connectivity index is 2.48. The predicted molar refractivity (Wildman–Crippen MR) is 63.6 cm³/mol. The molecule has 0 amide bonds. The second kappa shape index (κ2) is 4.85. The van der Waals surface area contributed by atoms with E-state index in [-0.39, 0.29) is 10.9 Å². The molecule has 1 aromatic carbocycles. The predicted octanol–water partition coefficient (Wildman–Crippen LogP) is 3.25. The molecular formula is C12H18OS. The fraction of sp³-hybridized carbons (Fsp3) is 0.500. The zero-order chi connectivity index (χ0) is 10.6. The highest BCUT2D eigenvalue weighted by molar-refractivity contribution is 8.00. The minimum Gasteiger partial charge on any atom is -0.388 e. The van der Waals surface area contributed by atoms with Crippen molar-refractivity contribution in [2.24, 2.45) is 0 Å². The van der Waals surface area contributed by atoms with Crippen LogP contribution in [0.4, 0.5) is 0 Å². The van der Waals surface area contributed by atoms with Crippen LogP contribution in [-0.2, 0) is 0 Å². The monoisotopic (exact) mass is 210 g/mol. The number of aliphatic hydroxyl groups excluding tert-OH is 1. The average Bonchev–Trinajstić information content (AvgIpc) is 2.14. The van der Waals surface area contributed by atoms with Gasteiger partial charge in [0.15, 0.2) is 0 Å².